The highest BCUT2D eigenvalue weighted by Crippen LogP contribution is 2.15. The number of aldehydes is 2. The monoisotopic (exact) mass is 166 g/mol. The zero-order chi connectivity index (χ0) is 9.72. The van der Waals surface area contributed by atoms with Crippen molar-refractivity contribution in [1.29, 1.82) is 0 Å². The first-order valence-corrected chi connectivity index (χ1v) is 3.80. The van der Waals surface area contributed by atoms with E-state index in [2.05, 4.69) is 0 Å². The first-order chi connectivity index (χ1) is 5.54. The zero-order valence-corrected chi connectivity index (χ0v) is 7.97. The molecule has 0 spiro atoms. The Hall–Kier alpha value is -1.18. The van der Waals surface area contributed by atoms with Crippen molar-refractivity contribution in [2.45, 2.75) is 27.7 Å². The third kappa shape index (κ3) is 2.46. The van der Waals surface area contributed by atoms with Gasteiger partial charge in [-0.25, -0.2) is 0 Å². The van der Waals surface area contributed by atoms with Crippen LogP contribution in [0.1, 0.15) is 27.7 Å². The molecule has 0 saturated heterocycles. The maximum atomic E-state index is 10.4. The number of rotatable bonds is 3. The summed E-state index contributed by atoms with van der Waals surface area (Å²) in [7, 11) is 0. The Morgan fingerprint density at radius 2 is 1.00 bits per heavy atom. The molecule has 0 heterocycles. The zero-order valence-electron chi connectivity index (χ0n) is 7.97. The molecule has 2 heteroatoms. The largest absolute Gasteiger partial charge is 0.298 e. The normalized spacial score (nSPS) is 14.7. The average Bonchev–Trinajstić information content (AvgIpc) is 2.12. The van der Waals surface area contributed by atoms with Gasteiger partial charge in [-0.15, -0.1) is 0 Å². The van der Waals surface area contributed by atoms with Crippen LogP contribution in [0.2, 0.25) is 0 Å². The topological polar surface area (TPSA) is 34.1 Å². The van der Waals surface area contributed by atoms with Crippen molar-refractivity contribution in [2.24, 2.45) is 0 Å². The molecule has 0 aromatic heterocycles. The molecule has 0 aliphatic heterocycles. The SMILES string of the molecule is CC(C=O)=C(C)C(C)=C(C)C=O. The summed E-state index contributed by atoms with van der Waals surface area (Å²) in [6.07, 6.45) is 1.60. The first kappa shape index (κ1) is 10.8. The van der Waals surface area contributed by atoms with Crippen molar-refractivity contribution in [2.75, 3.05) is 0 Å². The van der Waals surface area contributed by atoms with Gasteiger partial charge in [-0.05, 0) is 50.0 Å². The van der Waals surface area contributed by atoms with Crippen molar-refractivity contribution >= 4 is 12.6 Å². The molecule has 0 radical (unpaired) electrons. The Bertz CT molecular complexity index is 229. The fourth-order valence-electron chi connectivity index (χ4n) is 0.768. The van der Waals surface area contributed by atoms with Gasteiger partial charge in [0.15, 0.2) is 0 Å². The lowest BCUT2D eigenvalue weighted by Gasteiger charge is -2.04. The van der Waals surface area contributed by atoms with Crippen LogP contribution in [0.3, 0.4) is 0 Å². The van der Waals surface area contributed by atoms with Crippen LogP contribution >= 0.6 is 0 Å². The van der Waals surface area contributed by atoms with Gasteiger partial charge in [-0.1, -0.05) is 0 Å². The van der Waals surface area contributed by atoms with Gasteiger partial charge in [0.2, 0.25) is 0 Å². The lowest BCUT2D eigenvalue weighted by molar-refractivity contribution is -0.105. The minimum absolute atomic E-state index is 0.675. The van der Waals surface area contributed by atoms with Crippen LogP contribution < -0.4 is 0 Å². The molecule has 2 nitrogen and oxygen atoms in total. The van der Waals surface area contributed by atoms with E-state index < -0.39 is 0 Å². The fraction of sp³-hybridized carbons (Fsp3) is 0.400. The van der Waals surface area contributed by atoms with Gasteiger partial charge in [0.05, 0.1) is 0 Å². The molecule has 0 N–H and O–H groups in total. The molecule has 0 amide bonds. The molecule has 0 unspecified atom stereocenters. The molecular formula is C10H14O2. The van der Waals surface area contributed by atoms with Gasteiger partial charge < -0.3 is 0 Å². The van der Waals surface area contributed by atoms with E-state index in [-0.39, 0.29) is 0 Å². The molecule has 66 valence electrons. The van der Waals surface area contributed by atoms with E-state index in [1.54, 1.807) is 13.8 Å². The maximum Gasteiger partial charge on any atom is 0.146 e. The first-order valence-electron chi connectivity index (χ1n) is 3.80. The Labute approximate surface area is 73.0 Å². The molecule has 0 rings (SSSR count). The van der Waals surface area contributed by atoms with E-state index in [1.165, 1.54) is 0 Å². The summed E-state index contributed by atoms with van der Waals surface area (Å²) in [5.41, 5.74) is 3.12. The second-order valence-electron chi connectivity index (χ2n) is 2.85. The smallest absolute Gasteiger partial charge is 0.146 e. The summed E-state index contributed by atoms with van der Waals surface area (Å²) < 4.78 is 0. The highest BCUT2D eigenvalue weighted by atomic mass is 16.1. The lowest BCUT2D eigenvalue weighted by Crippen LogP contribution is -1.92. The van der Waals surface area contributed by atoms with Gasteiger partial charge >= 0.3 is 0 Å². The van der Waals surface area contributed by atoms with Crippen molar-refractivity contribution < 1.29 is 9.59 Å². The van der Waals surface area contributed by atoms with Crippen molar-refractivity contribution in [3.05, 3.63) is 22.3 Å². The van der Waals surface area contributed by atoms with Gasteiger partial charge in [-0.3, -0.25) is 9.59 Å². The van der Waals surface area contributed by atoms with Gasteiger partial charge in [0.1, 0.15) is 12.6 Å². The highest BCUT2D eigenvalue weighted by Gasteiger charge is 2.01. The second kappa shape index (κ2) is 4.65. The summed E-state index contributed by atoms with van der Waals surface area (Å²) in [4.78, 5) is 20.8. The Morgan fingerprint density at radius 3 is 1.17 bits per heavy atom. The second-order valence-corrected chi connectivity index (χ2v) is 2.85. The molecule has 0 atom stereocenters. The van der Waals surface area contributed by atoms with Crippen LogP contribution in [0.25, 0.3) is 0 Å². The van der Waals surface area contributed by atoms with E-state index in [4.69, 9.17) is 0 Å². The van der Waals surface area contributed by atoms with Crippen LogP contribution in [-0.2, 0) is 9.59 Å². The summed E-state index contributed by atoms with van der Waals surface area (Å²) in [6.45, 7) is 7.16. The van der Waals surface area contributed by atoms with Crippen LogP contribution in [-0.4, -0.2) is 12.6 Å². The predicted octanol–water partition coefficient (Wildman–Crippen LogP) is 2.06. The highest BCUT2D eigenvalue weighted by molar-refractivity contribution is 5.79. The van der Waals surface area contributed by atoms with Gasteiger partial charge in [-0.2, -0.15) is 0 Å². The van der Waals surface area contributed by atoms with E-state index >= 15 is 0 Å². The molecule has 0 aromatic carbocycles. The molecule has 0 aromatic rings. The van der Waals surface area contributed by atoms with Crippen molar-refractivity contribution in [3.63, 3.8) is 0 Å². The molecular weight excluding hydrogens is 152 g/mol. The predicted molar refractivity (Wildman–Crippen MR) is 48.9 cm³/mol. The third-order valence-electron chi connectivity index (χ3n) is 2.10. The Kier molecular flexibility index (Phi) is 4.19. The number of hydrogen-bond acceptors (Lipinski definition) is 2. The van der Waals surface area contributed by atoms with Crippen molar-refractivity contribution in [3.8, 4) is 0 Å². The molecule has 0 bridgehead atoms. The third-order valence-corrected chi connectivity index (χ3v) is 2.10. The summed E-state index contributed by atoms with van der Waals surface area (Å²) >= 11 is 0. The van der Waals surface area contributed by atoms with E-state index in [1.807, 2.05) is 13.8 Å². The molecule has 0 fully saturated rings. The standard InChI is InChI=1S/C10H14O2/c1-7(5-11)9(3)10(4)8(2)6-12/h5-6H,1-4H3. The minimum Gasteiger partial charge on any atom is -0.298 e. The Balaban J connectivity index is 5.07. The molecule has 0 aliphatic rings. The molecule has 0 saturated carbocycles. The maximum absolute atomic E-state index is 10.4. The number of carbonyl (C=O) groups excluding carboxylic acids is 2. The van der Waals surface area contributed by atoms with E-state index in [0.717, 1.165) is 23.7 Å². The molecule has 0 aliphatic carbocycles. The van der Waals surface area contributed by atoms with E-state index in [0.29, 0.717) is 11.1 Å². The molecule has 12 heavy (non-hydrogen) atoms. The summed E-state index contributed by atoms with van der Waals surface area (Å²) in [6, 6.07) is 0. The number of hydrogen-bond donors (Lipinski definition) is 0. The summed E-state index contributed by atoms with van der Waals surface area (Å²) in [5.74, 6) is 0. The van der Waals surface area contributed by atoms with Gasteiger partial charge in [0.25, 0.3) is 0 Å². The van der Waals surface area contributed by atoms with Crippen LogP contribution in [0.4, 0.5) is 0 Å². The average molecular weight is 166 g/mol. The van der Waals surface area contributed by atoms with Crippen molar-refractivity contribution in [1.82, 2.24) is 0 Å². The van der Waals surface area contributed by atoms with Crippen LogP contribution in [0.15, 0.2) is 22.3 Å². The van der Waals surface area contributed by atoms with E-state index in [9.17, 15) is 9.59 Å². The quantitative estimate of drug-likeness (QED) is 0.365. The van der Waals surface area contributed by atoms with Gasteiger partial charge in [0, 0.05) is 0 Å². The minimum atomic E-state index is 0.675. The summed E-state index contributed by atoms with van der Waals surface area (Å²) in [5, 5.41) is 0. The van der Waals surface area contributed by atoms with Crippen LogP contribution in [0.5, 0.6) is 0 Å². The number of allylic oxidation sites excluding steroid dienone is 4. The Morgan fingerprint density at radius 1 is 0.750 bits per heavy atom. The number of carbonyl (C=O) groups is 2. The fourth-order valence-corrected chi connectivity index (χ4v) is 0.768. The lowest BCUT2D eigenvalue weighted by atomic mass is 10.0. The van der Waals surface area contributed by atoms with Crippen LogP contribution in [0, 0.1) is 0 Å².